The number of likely N-dealkylation sites (N-methyl/N-ethyl adjacent to an activating group) is 1. The average Bonchev–Trinajstić information content (AvgIpc) is 3.04. The van der Waals surface area contributed by atoms with E-state index in [2.05, 4.69) is 5.32 Å². The van der Waals surface area contributed by atoms with E-state index in [0.717, 1.165) is 28.9 Å². The smallest absolute Gasteiger partial charge is 0.325 e. The number of nitrogens with zero attached hydrogens (tertiary/aromatic N) is 2. The van der Waals surface area contributed by atoms with Gasteiger partial charge in [0.25, 0.3) is 5.91 Å². The Bertz CT molecular complexity index is 1090. The molecule has 2 aliphatic heterocycles. The van der Waals surface area contributed by atoms with Gasteiger partial charge < -0.3 is 19.7 Å². The standard InChI is InChI=1S/C24H25N3O5/c1-26(13-17-15-31-19-10-4-5-11-20(19)32-17)21(28)14-27-22(29)24(25-23(27)30)12-6-8-16-7-2-3-9-18(16)24/h2-5,7,9-11,17H,6,8,12-15H2,1H3,(H,25,30)/t17-,24-/m1/s1. The van der Waals surface area contributed by atoms with Crippen LogP contribution in [-0.2, 0) is 21.5 Å². The number of rotatable bonds is 4. The van der Waals surface area contributed by atoms with Crippen LogP contribution in [0.1, 0.15) is 24.0 Å². The molecule has 2 aromatic rings. The number of hydrogen-bond donors (Lipinski definition) is 1. The molecule has 2 heterocycles. The molecule has 0 aromatic heterocycles. The number of ether oxygens (including phenoxy) is 2. The predicted molar refractivity (Wildman–Crippen MR) is 115 cm³/mol. The molecule has 1 aliphatic carbocycles. The molecule has 0 bridgehead atoms. The highest BCUT2D eigenvalue weighted by Gasteiger charge is 2.54. The summed E-state index contributed by atoms with van der Waals surface area (Å²) in [5, 5.41) is 2.88. The van der Waals surface area contributed by atoms with Crippen LogP contribution in [0.25, 0.3) is 0 Å². The highest BCUT2D eigenvalue weighted by Crippen LogP contribution is 2.39. The summed E-state index contributed by atoms with van der Waals surface area (Å²) in [7, 11) is 1.64. The van der Waals surface area contributed by atoms with Crippen LogP contribution < -0.4 is 14.8 Å². The van der Waals surface area contributed by atoms with Gasteiger partial charge in [0, 0.05) is 7.05 Å². The number of hydrogen-bond acceptors (Lipinski definition) is 5. The Labute approximate surface area is 186 Å². The number of urea groups is 1. The van der Waals surface area contributed by atoms with E-state index in [9.17, 15) is 14.4 Å². The van der Waals surface area contributed by atoms with Crippen LogP contribution in [0.4, 0.5) is 4.79 Å². The second-order valence-corrected chi connectivity index (χ2v) is 8.51. The second-order valence-electron chi connectivity index (χ2n) is 8.51. The minimum Gasteiger partial charge on any atom is -0.486 e. The third-order valence-electron chi connectivity index (χ3n) is 6.41. The molecule has 5 rings (SSSR count). The molecule has 3 aliphatic rings. The topological polar surface area (TPSA) is 88.2 Å². The molecule has 166 valence electrons. The van der Waals surface area contributed by atoms with E-state index in [0.29, 0.717) is 24.5 Å². The molecule has 8 heteroatoms. The van der Waals surface area contributed by atoms with Gasteiger partial charge in [-0.1, -0.05) is 36.4 Å². The van der Waals surface area contributed by atoms with Crippen LogP contribution >= 0.6 is 0 Å². The Morgan fingerprint density at radius 1 is 1.16 bits per heavy atom. The van der Waals surface area contributed by atoms with Crippen molar-refractivity contribution in [2.24, 2.45) is 0 Å². The van der Waals surface area contributed by atoms with Gasteiger partial charge in [-0.05, 0) is 42.5 Å². The second kappa shape index (κ2) is 7.85. The number of carbonyl (C=O) groups is 3. The summed E-state index contributed by atoms with van der Waals surface area (Å²) in [6.07, 6.45) is 1.86. The van der Waals surface area contributed by atoms with E-state index in [1.54, 1.807) is 7.05 Å². The fourth-order valence-electron chi connectivity index (χ4n) is 4.77. The lowest BCUT2D eigenvalue weighted by Crippen LogP contribution is -2.48. The lowest BCUT2D eigenvalue weighted by Gasteiger charge is -2.33. The van der Waals surface area contributed by atoms with Gasteiger partial charge in [0.15, 0.2) is 17.6 Å². The first kappa shape index (κ1) is 20.4. The van der Waals surface area contributed by atoms with Crippen molar-refractivity contribution in [3.8, 4) is 11.5 Å². The summed E-state index contributed by atoms with van der Waals surface area (Å²) in [4.78, 5) is 41.5. The third-order valence-corrected chi connectivity index (χ3v) is 6.41. The van der Waals surface area contributed by atoms with E-state index >= 15 is 0 Å². The van der Waals surface area contributed by atoms with Crippen LogP contribution in [0.2, 0.25) is 0 Å². The van der Waals surface area contributed by atoms with E-state index in [1.165, 1.54) is 4.90 Å². The van der Waals surface area contributed by atoms with Gasteiger partial charge in [0.05, 0.1) is 6.54 Å². The highest BCUT2D eigenvalue weighted by atomic mass is 16.6. The monoisotopic (exact) mass is 435 g/mol. The minimum atomic E-state index is -1.07. The molecular formula is C24H25N3O5. The van der Waals surface area contributed by atoms with Crippen LogP contribution in [0.15, 0.2) is 48.5 Å². The van der Waals surface area contributed by atoms with Crippen molar-refractivity contribution < 1.29 is 23.9 Å². The summed E-state index contributed by atoms with van der Waals surface area (Å²) in [5.41, 5.74) is 0.821. The SMILES string of the molecule is CN(C[C@@H]1COc2ccccc2O1)C(=O)CN1C(=O)N[C@@]2(CCCc3ccccc32)C1=O. The van der Waals surface area contributed by atoms with Crippen molar-refractivity contribution in [3.05, 3.63) is 59.7 Å². The van der Waals surface area contributed by atoms with Crippen LogP contribution in [-0.4, -0.2) is 60.5 Å². The number of amides is 4. The molecule has 4 amide bonds. The fourth-order valence-corrected chi connectivity index (χ4v) is 4.77. The maximum absolute atomic E-state index is 13.4. The van der Waals surface area contributed by atoms with Crippen LogP contribution in [0, 0.1) is 0 Å². The summed E-state index contributed by atoms with van der Waals surface area (Å²) in [6, 6.07) is 14.5. The molecular weight excluding hydrogens is 410 g/mol. The molecule has 0 radical (unpaired) electrons. The third kappa shape index (κ3) is 3.36. The van der Waals surface area contributed by atoms with Gasteiger partial charge in [0.1, 0.15) is 18.7 Å². The Morgan fingerprint density at radius 3 is 2.75 bits per heavy atom. The minimum absolute atomic E-state index is 0.283. The molecule has 8 nitrogen and oxygen atoms in total. The first-order valence-corrected chi connectivity index (χ1v) is 10.8. The first-order chi connectivity index (χ1) is 15.5. The maximum atomic E-state index is 13.4. The number of aryl methyl sites for hydroxylation is 1. The van der Waals surface area contributed by atoms with Crippen molar-refractivity contribution in [3.63, 3.8) is 0 Å². The predicted octanol–water partition coefficient (Wildman–Crippen LogP) is 2.07. The van der Waals surface area contributed by atoms with E-state index in [4.69, 9.17) is 9.47 Å². The molecule has 0 saturated carbocycles. The highest BCUT2D eigenvalue weighted by molar-refractivity contribution is 6.09. The van der Waals surface area contributed by atoms with Crippen molar-refractivity contribution in [1.82, 2.24) is 15.1 Å². The van der Waals surface area contributed by atoms with E-state index in [-0.39, 0.29) is 31.0 Å². The molecule has 0 unspecified atom stereocenters. The molecule has 1 N–H and O–H groups in total. The number of fused-ring (bicyclic) bond motifs is 3. The summed E-state index contributed by atoms with van der Waals surface area (Å²) in [6.45, 7) is 0.289. The fraction of sp³-hybridized carbons (Fsp3) is 0.375. The number of nitrogens with one attached hydrogen (secondary N) is 1. The van der Waals surface area contributed by atoms with Crippen molar-refractivity contribution in [2.45, 2.75) is 30.9 Å². The zero-order chi connectivity index (χ0) is 22.3. The van der Waals surface area contributed by atoms with Crippen molar-refractivity contribution in [2.75, 3.05) is 26.7 Å². The maximum Gasteiger partial charge on any atom is 0.325 e. The van der Waals surface area contributed by atoms with Crippen LogP contribution in [0.5, 0.6) is 11.5 Å². The normalized spacial score (nSPS) is 23.7. The van der Waals surface area contributed by atoms with E-state index in [1.807, 2.05) is 48.5 Å². The Morgan fingerprint density at radius 2 is 1.91 bits per heavy atom. The number of benzene rings is 2. The lowest BCUT2D eigenvalue weighted by molar-refractivity contribution is -0.139. The molecule has 32 heavy (non-hydrogen) atoms. The average molecular weight is 435 g/mol. The van der Waals surface area contributed by atoms with Gasteiger partial charge >= 0.3 is 6.03 Å². The van der Waals surface area contributed by atoms with Gasteiger partial charge in [-0.15, -0.1) is 0 Å². The quantitative estimate of drug-likeness (QED) is 0.743. The summed E-state index contributed by atoms with van der Waals surface area (Å²) in [5.74, 6) is 0.617. The zero-order valence-corrected chi connectivity index (χ0v) is 17.9. The van der Waals surface area contributed by atoms with Gasteiger partial charge in [-0.3, -0.25) is 14.5 Å². The lowest BCUT2D eigenvalue weighted by atomic mass is 9.76. The molecule has 2 aromatic carbocycles. The Hall–Kier alpha value is -3.55. The molecule has 1 saturated heterocycles. The Kier molecular flexibility index (Phi) is 5.00. The largest absolute Gasteiger partial charge is 0.486 e. The summed E-state index contributed by atoms with van der Waals surface area (Å²) < 4.78 is 11.6. The zero-order valence-electron chi connectivity index (χ0n) is 17.9. The van der Waals surface area contributed by atoms with Crippen molar-refractivity contribution in [1.29, 1.82) is 0 Å². The Balaban J connectivity index is 1.26. The van der Waals surface area contributed by atoms with Gasteiger partial charge in [-0.25, -0.2) is 4.79 Å². The molecule has 1 fully saturated rings. The first-order valence-electron chi connectivity index (χ1n) is 10.8. The molecule has 2 atom stereocenters. The van der Waals surface area contributed by atoms with Crippen LogP contribution in [0.3, 0.4) is 0 Å². The molecule has 1 spiro atoms. The number of carbonyl (C=O) groups excluding carboxylic acids is 3. The van der Waals surface area contributed by atoms with E-state index < -0.39 is 11.6 Å². The number of imide groups is 1. The number of para-hydroxylation sites is 2. The van der Waals surface area contributed by atoms with Crippen molar-refractivity contribution >= 4 is 17.8 Å². The van der Waals surface area contributed by atoms with Gasteiger partial charge in [-0.2, -0.15) is 0 Å². The summed E-state index contributed by atoms with van der Waals surface area (Å²) >= 11 is 0. The van der Waals surface area contributed by atoms with Gasteiger partial charge in [0.2, 0.25) is 5.91 Å².